The fourth-order valence-corrected chi connectivity index (χ4v) is 3.47. The fourth-order valence-electron chi connectivity index (χ4n) is 3.34. The van der Waals surface area contributed by atoms with Crippen LogP contribution in [0.4, 0.5) is 0 Å². The minimum atomic E-state index is -0.740. The highest BCUT2D eigenvalue weighted by Crippen LogP contribution is 2.41. The number of rotatable bonds is 5. The second-order valence-corrected chi connectivity index (χ2v) is 6.81. The first kappa shape index (κ1) is 20.0. The zero-order chi connectivity index (χ0) is 20.4. The van der Waals surface area contributed by atoms with Gasteiger partial charge in [0, 0.05) is 30.4 Å². The number of aryl methyl sites for hydroxylation is 1. The largest absolute Gasteiger partial charge is 0.465 e. The number of benzene rings is 1. The summed E-state index contributed by atoms with van der Waals surface area (Å²) in [5.74, 6) is -1.17. The molecule has 1 aliphatic rings. The molecule has 0 radical (unpaired) electrons. The summed E-state index contributed by atoms with van der Waals surface area (Å²) in [4.78, 5) is 25.8. The number of aromatic nitrogens is 1. The van der Waals surface area contributed by atoms with Crippen molar-refractivity contribution in [1.82, 2.24) is 4.57 Å². The Labute approximate surface area is 167 Å². The standard InChI is InChI=1S/C20H21ClN2O5/c1-11-10-14-16(19(24)23(11)8-9-26-2)15(12-4-6-13(21)7-5-12)17(18(22)28-14)20(25)27-3/h4-7,10,15H,8-9,22H2,1-3H3/t15-/m0/s1. The van der Waals surface area contributed by atoms with Crippen LogP contribution in [0.25, 0.3) is 0 Å². The van der Waals surface area contributed by atoms with Crippen molar-refractivity contribution in [2.24, 2.45) is 5.73 Å². The maximum absolute atomic E-state index is 13.3. The van der Waals surface area contributed by atoms with Crippen LogP contribution in [0.5, 0.6) is 5.75 Å². The highest BCUT2D eigenvalue weighted by molar-refractivity contribution is 6.30. The molecule has 2 heterocycles. The van der Waals surface area contributed by atoms with Crippen molar-refractivity contribution >= 4 is 17.6 Å². The van der Waals surface area contributed by atoms with Gasteiger partial charge in [0.2, 0.25) is 5.88 Å². The summed E-state index contributed by atoms with van der Waals surface area (Å²) in [5, 5.41) is 0.536. The third-order valence-electron chi connectivity index (χ3n) is 4.70. The first-order valence-corrected chi connectivity index (χ1v) is 9.01. The molecule has 1 aromatic heterocycles. The van der Waals surface area contributed by atoms with Crippen LogP contribution in [-0.2, 0) is 20.8 Å². The van der Waals surface area contributed by atoms with E-state index in [1.165, 1.54) is 7.11 Å². The van der Waals surface area contributed by atoms with E-state index in [9.17, 15) is 9.59 Å². The lowest BCUT2D eigenvalue weighted by Crippen LogP contribution is -2.35. The lowest BCUT2D eigenvalue weighted by molar-refractivity contribution is -0.136. The van der Waals surface area contributed by atoms with E-state index in [0.29, 0.717) is 40.7 Å². The molecular formula is C20H21ClN2O5. The molecule has 148 valence electrons. The summed E-state index contributed by atoms with van der Waals surface area (Å²) in [7, 11) is 2.82. The van der Waals surface area contributed by atoms with Crippen LogP contribution in [-0.4, -0.2) is 31.4 Å². The van der Waals surface area contributed by atoms with E-state index in [2.05, 4.69) is 0 Å². The Morgan fingerprint density at radius 1 is 1.29 bits per heavy atom. The van der Waals surface area contributed by atoms with E-state index in [0.717, 1.165) is 0 Å². The van der Waals surface area contributed by atoms with Gasteiger partial charge < -0.3 is 24.5 Å². The first-order valence-electron chi connectivity index (χ1n) is 8.63. The molecule has 3 rings (SSSR count). The van der Waals surface area contributed by atoms with Crippen LogP contribution in [0.2, 0.25) is 5.02 Å². The van der Waals surface area contributed by atoms with Gasteiger partial charge in [-0.2, -0.15) is 0 Å². The smallest absolute Gasteiger partial charge is 0.340 e. The van der Waals surface area contributed by atoms with Gasteiger partial charge >= 0.3 is 5.97 Å². The number of hydrogen-bond donors (Lipinski definition) is 1. The zero-order valence-corrected chi connectivity index (χ0v) is 16.6. The average Bonchev–Trinajstić information content (AvgIpc) is 2.67. The lowest BCUT2D eigenvalue weighted by atomic mass is 9.83. The van der Waals surface area contributed by atoms with Crippen LogP contribution >= 0.6 is 11.6 Å². The number of pyridine rings is 1. The molecule has 28 heavy (non-hydrogen) atoms. The van der Waals surface area contributed by atoms with Gasteiger partial charge in [-0.05, 0) is 24.6 Å². The van der Waals surface area contributed by atoms with Gasteiger partial charge in [0.15, 0.2) is 0 Å². The molecule has 1 aliphatic heterocycles. The summed E-state index contributed by atoms with van der Waals surface area (Å²) < 4.78 is 17.2. The molecule has 0 saturated heterocycles. The van der Waals surface area contributed by atoms with E-state index in [-0.39, 0.29) is 17.0 Å². The Hall–Kier alpha value is -2.77. The Balaban J connectivity index is 2.28. The van der Waals surface area contributed by atoms with Crippen molar-refractivity contribution in [2.75, 3.05) is 20.8 Å². The number of fused-ring (bicyclic) bond motifs is 1. The topological polar surface area (TPSA) is 92.8 Å². The van der Waals surface area contributed by atoms with Gasteiger partial charge in [-0.1, -0.05) is 23.7 Å². The molecule has 1 atom stereocenters. The molecule has 0 unspecified atom stereocenters. The minimum absolute atomic E-state index is 0.0802. The summed E-state index contributed by atoms with van der Waals surface area (Å²) in [6.45, 7) is 2.54. The number of halogens is 1. The van der Waals surface area contributed by atoms with Crippen molar-refractivity contribution in [3.63, 3.8) is 0 Å². The molecule has 0 aliphatic carbocycles. The summed E-state index contributed by atoms with van der Waals surface area (Å²) in [6, 6.07) is 8.61. The highest BCUT2D eigenvalue weighted by Gasteiger charge is 2.38. The molecule has 2 N–H and O–H groups in total. The maximum Gasteiger partial charge on any atom is 0.340 e. The number of esters is 1. The normalized spacial score (nSPS) is 15.8. The second-order valence-electron chi connectivity index (χ2n) is 6.37. The van der Waals surface area contributed by atoms with E-state index in [1.54, 1.807) is 48.9 Å². The van der Waals surface area contributed by atoms with E-state index in [1.807, 2.05) is 0 Å². The maximum atomic E-state index is 13.3. The Morgan fingerprint density at radius 3 is 2.57 bits per heavy atom. The second kappa shape index (κ2) is 8.08. The molecule has 8 heteroatoms. The molecule has 0 saturated carbocycles. The zero-order valence-electron chi connectivity index (χ0n) is 15.8. The Morgan fingerprint density at radius 2 is 1.96 bits per heavy atom. The van der Waals surface area contributed by atoms with Crippen LogP contribution in [0, 0.1) is 6.92 Å². The summed E-state index contributed by atoms with van der Waals surface area (Å²) >= 11 is 6.01. The quantitative estimate of drug-likeness (QED) is 0.769. The summed E-state index contributed by atoms with van der Waals surface area (Å²) in [5.41, 5.74) is 7.55. The number of methoxy groups -OCH3 is 2. The molecular weight excluding hydrogens is 384 g/mol. The van der Waals surface area contributed by atoms with Crippen molar-refractivity contribution in [1.29, 1.82) is 0 Å². The first-order chi connectivity index (χ1) is 13.4. The number of ether oxygens (including phenoxy) is 3. The SMILES string of the molecule is COCCn1c(C)cc2c(c1=O)[C@H](c1ccc(Cl)cc1)C(C(=O)OC)=C(N)O2. The molecule has 1 aromatic carbocycles. The van der Waals surface area contributed by atoms with Crippen molar-refractivity contribution in [2.45, 2.75) is 19.4 Å². The average molecular weight is 405 g/mol. The molecule has 7 nitrogen and oxygen atoms in total. The third-order valence-corrected chi connectivity index (χ3v) is 4.95. The summed E-state index contributed by atoms with van der Waals surface area (Å²) in [6.07, 6.45) is 0. The monoisotopic (exact) mass is 404 g/mol. The van der Waals surface area contributed by atoms with E-state index < -0.39 is 11.9 Å². The van der Waals surface area contributed by atoms with Crippen molar-refractivity contribution < 1.29 is 19.0 Å². The molecule has 0 bridgehead atoms. The Kier molecular flexibility index (Phi) is 5.76. The Bertz CT molecular complexity index is 995. The van der Waals surface area contributed by atoms with Crippen molar-refractivity contribution in [3.8, 4) is 5.75 Å². The predicted molar refractivity (Wildman–Crippen MR) is 104 cm³/mol. The minimum Gasteiger partial charge on any atom is -0.465 e. The van der Waals surface area contributed by atoms with Gasteiger partial charge in [-0.25, -0.2) is 4.79 Å². The van der Waals surface area contributed by atoms with Gasteiger partial charge in [-0.3, -0.25) is 4.79 Å². The molecule has 0 spiro atoms. The van der Waals surface area contributed by atoms with E-state index in [4.69, 9.17) is 31.5 Å². The number of nitrogens with two attached hydrogens (primary N) is 1. The van der Waals surface area contributed by atoms with Crippen LogP contribution in [0.3, 0.4) is 0 Å². The van der Waals surface area contributed by atoms with E-state index >= 15 is 0 Å². The van der Waals surface area contributed by atoms with Gasteiger partial charge in [0.05, 0.1) is 25.2 Å². The van der Waals surface area contributed by atoms with Crippen LogP contribution in [0.15, 0.2) is 46.6 Å². The van der Waals surface area contributed by atoms with Crippen molar-refractivity contribution in [3.05, 3.63) is 74.0 Å². The van der Waals surface area contributed by atoms with Gasteiger partial charge in [0.1, 0.15) is 11.3 Å². The highest BCUT2D eigenvalue weighted by atomic mass is 35.5. The number of hydrogen-bond acceptors (Lipinski definition) is 6. The predicted octanol–water partition coefficient (Wildman–Crippen LogP) is 2.32. The third kappa shape index (κ3) is 3.50. The number of nitrogens with zero attached hydrogens (tertiary/aromatic N) is 1. The molecule has 0 amide bonds. The molecule has 2 aromatic rings. The van der Waals surface area contributed by atoms with Crippen LogP contribution in [0.1, 0.15) is 22.7 Å². The van der Waals surface area contributed by atoms with Gasteiger partial charge in [0.25, 0.3) is 5.56 Å². The number of carbonyl (C=O) groups excluding carboxylic acids is 1. The fraction of sp³-hybridized carbons (Fsp3) is 0.300. The number of carbonyl (C=O) groups is 1. The van der Waals surface area contributed by atoms with Gasteiger partial charge in [-0.15, -0.1) is 0 Å². The lowest BCUT2D eigenvalue weighted by Gasteiger charge is -2.29. The van der Waals surface area contributed by atoms with Crippen LogP contribution < -0.4 is 16.0 Å². The molecule has 0 fully saturated rings.